The molecule has 0 radical (unpaired) electrons. The number of anilines is 1. The van der Waals surface area contributed by atoms with Crippen molar-refractivity contribution in [2.75, 3.05) is 11.1 Å². The Morgan fingerprint density at radius 3 is 2.56 bits per heavy atom. The highest BCUT2D eigenvalue weighted by atomic mass is 32.2. The van der Waals surface area contributed by atoms with Crippen LogP contribution in [0.15, 0.2) is 66.3 Å². The third-order valence-electron chi connectivity index (χ3n) is 3.80. The summed E-state index contributed by atoms with van der Waals surface area (Å²) in [6, 6.07) is 13.7. The molecule has 1 heterocycles. The van der Waals surface area contributed by atoms with Crippen molar-refractivity contribution in [3.8, 4) is 11.4 Å². The van der Waals surface area contributed by atoms with E-state index in [0.29, 0.717) is 17.4 Å². The Bertz CT molecular complexity index is 936. The van der Waals surface area contributed by atoms with Gasteiger partial charge in [-0.1, -0.05) is 47.7 Å². The number of hydrogen-bond acceptors (Lipinski definition) is 4. The minimum absolute atomic E-state index is 0.167. The summed E-state index contributed by atoms with van der Waals surface area (Å²) in [5, 5.41) is 11.9. The number of carbonyl (C=O) groups is 1. The Kier molecular flexibility index (Phi) is 6.03. The number of carbonyl (C=O) groups excluding carboxylic acids is 1. The fourth-order valence-corrected chi connectivity index (χ4v) is 3.21. The van der Waals surface area contributed by atoms with Crippen LogP contribution in [0.3, 0.4) is 0 Å². The lowest BCUT2D eigenvalue weighted by Gasteiger charge is -2.08. The lowest BCUT2D eigenvalue weighted by Crippen LogP contribution is -2.14. The molecule has 2 aromatic carbocycles. The van der Waals surface area contributed by atoms with Crippen LogP contribution in [0.1, 0.15) is 5.56 Å². The Morgan fingerprint density at radius 2 is 1.89 bits per heavy atom. The fourth-order valence-electron chi connectivity index (χ4n) is 2.47. The predicted octanol–water partition coefficient (Wildman–Crippen LogP) is 4.31. The monoisotopic (exact) mass is 382 g/mol. The molecule has 0 saturated carbocycles. The predicted molar refractivity (Wildman–Crippen MR) is 106 cm³/mol. The molecule has 0 aliphatic heterocycles. The molecule has 0 unspecified atom stereocenters. The van der Waals surface area contributed by atoms with Crippen LogP contribution >= 0.6 is 11.8 Å². The summed E-state index contributed by atoms with van der Waals surface area (Å²) in [7, 11) is 0. The minimum atomic E-state index is -0.344. The summed E-state index contributed by atoms with van der Waals surface area (Å²) in [6.07, 6.45) is 1.77. The lowest BCUT2D eigenvalue weighted by atomic mass is 10.1. The Labute approximate surface area is 161 Å². The van der Waals surface area contributed by atoms with E-state index in [4.69, 9.17) is 0 Å². The van der Waals surface area contributed by atoms with Crippen molar-refractivity contribution >= 4 is 23.4 Å². The largest absolute Gasteiger partial charge is 0.325 e. The molecule has 0 atom stereocenters. The van der Waals surface area contributed by atoms with E-state index in [-0.39, 0.29) is 17.5 Å². The van der Waals surface area contributed by atoms with Gasteiger partial charge in [-0.05, 0) is 31.2 Å². The van der Waals surface area contributed by atoms with Crippen molar-refractivity contribution in [2.45, 2.75) is 18.6 Å². The quantitative estimate of drug-likeness (QED) is 0.489. The molecule has 1 amide bonds. The molecule has 3 aromatic rings. The molecule has 1 N–H and O–H groups in total. The standard InChI is InChI=1S/C20H19FN4OS/c1-3-12-25-19(15-6-4-14(2)5-7-15)23-24-20(25)27-13-18(26)22-17-10-8-16(21)9-11-17/h3-11H,1,12-13H2,2H3,(H,22,26). The molecule has 0 saturated heterocycles. The second-order valence-electron chi connectivity index (χ2n) is 5.92. The molecule has 3 rings (SSSR count). The number of aryl methyl sites for hydroxylation is 1. The highest BCUT2D eigenvalue weighted by Crippen LogP contribution is 2.24. The van der Waals surface area contributed by atoms with Gasteiger partial charge in [0.15, 0.2) is 11.0 Å². The smallest absolute Gasteiger partial charge is 0.234 e. The number of halogens is 1. The van der Waals surface area contributed by atoms with Gasteiger partial charge < -0.3 is 5.32 Å². The second kappa shape index (κ2) is 8.64. The van der Waals surface area contributed by atoms with Crippen LogP contribution in [0.5, 0.6) is 0 Å². The number of amides is 1. The topological polar surface area (TPSA) is 59.8 Å². The van der Waals surface area contributed by atoms with Crippen LogP contribution in [0.4, 0.5) is 10.1 Å². The number of rotatable bonds is 7. The number of nitrogens with one attached hydrogen (secondary N) is 1. The number of thioether (sulfide) groups is 1. The normalized spacial score (nSPS) is 10.6. The maximum atomic E-state index is 12.9. The van der Waals surface area contributed by atoms with Crippen molar-refractivity contribution < 1.29 is 9.18 Å². The van der Waals surface area contributed by atoms with E-state index < -0.39 is 0 Å². The third kappa shape index (κ3) is 4.83. The van der Waals surface area contributed by atoms with Crippen molar-refractivity contribution in [1.82, 2.24) is 14.8 Å². The van der Waals surface area contributed by atoms with Gasteiger partial charge in [0.1, 0.15) is 5.82 Å². The number of allylic oxidation sites excluding steroid dienone is 1. The van der Waals surface area contributed by atoms with E-state index >= 15 is 0 Å². The van der Waals surface area contributed by atoms with Crippen molar-refractivity contribution in [2.24, 2.45) is 0 Å². The van der Waals surface area contributed by atoms with E-state index in [2.05, 4.69) is 22.1 Å². The summed E-state index contributed by atoms with van der Waals surface area (Å²) >= 11 is 1.29. The molecule has 0 aliphatic carbocycles. The SMILES string of the molecule is C=CCn1c(SCC(=O)Nc2ccc(F)cc2)nnc1-c1ccc(C)cc1. The lowest BCUT2D eigenvalue weighted by molar-refractivity contribution is -0.113. The van der Waals surface area contributed by atoms with Gasteiger partial charge in [-0.15, -0.1) is 16.8 Å². The van der Waals surface area contributed by atoms with Gasteiger partial charge in [0.2, 0.25) is 5.91 Å². The van der Waals surface area contributed by atoms with Gasteiger partial charge in [-0.3, -0.25) is 9.36 Å². The average molecular weight is 382 g/mol. The van der Waals surface area contributed by atoms with E-state index in [0.717, 1.165) is 11.4 Å². The van der Waals surface area contributed by atoms with E-state index in [1.54, 1.807) is 6.08 Å². The minimum Gasteiger partial charge on any atom is -0.325 e. The maximum Gasteiger partial charge on any atom is 0.234 e. The second-order valence-corrected chi connectivity index (χ2v) is 6.86. The maximum absolute atomic E-state index is 12.9. The van der Waals surface area contributed by atoms with Crippen LogP contribution in [-0.4, -0.2) is 26.4 Å². The van der Waals surface area contributed by atoms with Crippen LogP contribution in [-0.2, 0) is 11.3 Å². The van der Waals surface area contributed by atoms with Crippen molar-refractivity contribution in [1.29, 1.82) is 0 Å². The Balaban J connectivity index is 1.70. The first-order chi connectivity index (χ1) is 13.1. The molecular formula is C20H19FN4OS. The highest BCUT2D eigenvalue weighted by molar-refractivity contribution is 7.99. The van der Waals surface area contributed by atoms with Gasteiger partial charge in [-0.25, -0.2) is 4.39 Å². The molecule has 27 heavy (non-hydrogen) atoms. The molecule has 0 spiro atoms. The zero-order valence-corrected chi connectivity index (χ0v) is 15.7. The van der Waals surface area contributed by atoms with Crippen LogP contribution in [0.2, 0.25) is 0 Å². The first-order valence-electron chi connectivity index (χ1n) is 8.36. The number of aromatic nitrogens is 3. The summed E-state index contributed by atoms with van der Waals surface area (Å²) in [5.41, 5.74) is 2.67. The van der Waals surface area contributed by atoms with E-state index in [1.807, 2.05) is 35.8 Å². The summed E-state index contributed by atoms with van der Waals surface area (Å²) in [4.78, 5) is 12.2. The zero-order valence-electron chi connectivity index (χ0n) is 14.9. The van der Waals surface area contributed by atoms with Gasteiger partial charge >= 0.3 is 0 Å². The summed E-state index contributed by atoms with van der Waals surface area (Å²) < 4.78 is 14.9. The third-order valence-corrected chi connectivity index (χ3v) is 4.77. The van der Waals surface area contributed by atoms with Gasteiger partial charge in [0.25, 0.3) is 0 Å². The molecule has 5 nitrogen and oxygen atoms in total. The first-order valence-corrected chi connectivity index (χ1v) is 9.34. The van der Waals surface area contributed by atoms with Gasteiger partial charge in [0.05, 0.1) is 5.75 Å². The number of benzene rings is 2. The molecule has 0 aliphatic rings. The van der Waals surface area contributed by atoms with Crippen LogP contribution in [0.25, 0.3) is 11.4 Å². The average Bonchev–Trinajstić information content (AvgIpc) is 3.06. The van der Waals surface area contributed by atoms with Gasteiger partial charge in [0, 0.05) is 17.8 Å². The van der Waals surface area contributed by atoms with E-state index in [1.165, 1.54) is 41.6 Å². The molecule has 7 heteroatoms. The summed E-state index contributed by atoms with van der Waals surface area (Å²) in [6.45, 7) is 6.36. The Hall–Kier alpha value is -2.93. The zero-order chi connectivity index (χ0) is 19.2. The Morgan fingerprint density at radius 1 is 1.19 bits per heavy atom. The first kappa shape index (κ1) is 18.8. The molecular weight excluding hydrogens is 363 g/mol. The van der Waals surface area contributed by atoms with Crippen LogP contribution in [0, 0.1) is 12.7 Å². The van der Waals surface area contributed by atoms with Crippen molar-refractivity contribution in [3.05, 3.63) is 72.6 Å². The molecule has 0 bridgehead atoms. The van der Waals surface area contributed by atoms with E-state index in [9.17, 15) is 9.18 Å². The van der Waals surface area contributed by atoms with Gasteiger partial charge in [-0.2, -0.15) is 0 Å². The molecule has 0 fully saturated rings. The molecule has 138 valence electrons. The van der Waals surface area contributed by atoms with Crippen LogP contribution < -0.4 is 5.32 Å². The summed E-state index contributed by atoms with van der Waals surface area (Å²) in [5.74, 6) is 0.358. The molecule has 1 aromatic heterocycles. The number of hydrogen-bond donors (Lipinski definition) is 1. The fraction of sp³-hybridized carbons (Fsp3) is 0.150. The highest BCUT2D eigenvalue weighted by Gasteiger charge is 2.15. The van der Waals surface area contributed by atoms with Crippen molar-refractivity contribution in [3.63, 3.8) is 0 Å². The number of nitrogens with zero attached hydrogens (tertiary/aromatic N) is 3.